The Hall–Kier alpha value is -2.78. The van der Waals surface area contributed by atoms with Gasteiger partial charge in [-0.1, -0.05) is 67.6 Å². The molecule has 0 aromatic heterocycles. The van der Waals surface area contributed by atoms with Crippen molar-refractivity contribution in [3.8, 4) is 11.5 Å². The zero-order chi connectivity index (χ0) is 18.9. The zero-order valence-electron chi connectivity index (χ0n) is 15.7. The van der Waals surface area contributed by atoms with Crippen LogP contribution in [0.5, 0.6) is 11.5 Å². The monoisotopic (exact) mass is 362 g/mol. The topological polar surface area (TPSA) is 38.7 Å². The quantitative estimate of drug-likeness (QED) is 0.559. The summed E-state index contributed by atoms with van der Waals surface area (Å²) in [7, 11) is 0. The van der Waals surface area contributed by atoms with Crippen molar-refractivity contribution in [2.45, 2.75) is 32.5 Å². The van der Waals surface area contributed by atoms with E-state index in [-0.39, 0.29) is 12.5 Å². The Morgan fingerprint density at radius 1 is 0.741 bits per heavy atom. The highest BCUT2D eigenvalue weighted by Crippen LogP contribution is 2.30. The van der Waals surface area contributed by atoms with Gasteiger partial charge in [0.1, 0.15) is 24.7 Å². The van der Waals surface area contributed by atoms with E-state index in [4.69, 9.17) is 9.47 Å². The van der Waals surface area contributed by atoms with Gasteiger partial charge in [0.05, 0.1) is 0 Å². The first-order valence-corrected chi connectivity index (χ1v) is 9.34. The van der Waals surface area contributed by atoms with Crippen LogP contribution in [0.4, 0.5) is 0 Å². The molecule has 0 aliphatic rings. The van der Waals surface area contributed by atoms with Crippen LogP contribution in [0.3, 0.4) is 0 Å². The molecule has 140 valence electrons. The Morgan fingerprint density at radius 2 is 1.22 bits per heavy atom. The lowest BCUT2D eigenvalue weighted by Gasteiger charge is -2.16. The molecule has 3 rings (SSSR count). The van der Waals surface area contributed by atoms with Gasteiger partial charge < -0.3 is 14.6 Å². The maximum absolute atomic E-state index is 9.28. The summed E-state index contributed by atoms with van der Waals surface area (Å²) in [5.41, 5.74) is 3.36. The molecule has 0 spiro atoms. The van der Waals surface area contributed by atoms with Crippen LogP contribution in [0.2, 0.25) is 0 Å². The van der Waals surface area contributed by atoms with Crippen LogP contribution in [0.1, 0.15) is 36.0 Å². The predicted molar refractivity (Wildman–Crippen MR) is 108 cm³/mol. The van der Waals surface area contributed by atoms with Crippen LogP contribution in [0, 0.1) is 0 Å². The molecule has 0 heterocycles. The van der Waals surface area contributed by atoms with E-state index in [1.165, 1.54) is 0 Å². The van der Waals surface area contributed by atoms with E-state index in [1.807, 2.05) is 78.9 Å². The largest absolute Gasteiger partial charge is 0.489 e. The van der Waals surface area contributed by atoms with Gasteiger partial charge in [0.25, 0.3) is 0 Å². The molecule has 3 nitrogen and oxygen atoms in total. The molecule has 1 unspecified atom stereocenters. The first-order chi connectivity index (χ1) is 13.2. The minimum atomic E-state index is 0.163. The van der Waals surface area contributed by atoms with Crippen molar-refractivity contribution in [2.75, 3.05) is 6.61 Å². The van der Waals surface area contributed by atoms with Crippen molar-refractivity contribution in [1.82, 2.24) is 0 Å². The minimum Gasteiger partial charge on any atom is -0.489 e. The molecule has 0 fully saturated rings. The van der Waals surface area contributed by atoms with E-state index in [2.05, 4.69) is 6.92 Å². The average molecular weight is 362 g/mol. The molecule has 0 amide bonds. The van der Waals surface area contributed by atoms with Gasteiger partial charge >= 0.3 is 0 Å². The van der Waals surface area contributed by atoms with Gasteiger partial charge in [-0.2, -0.15) is 0 Å². The number of aliphatic hydroxyl groups excluding tert-OH is 1. The van der Waals surface area contributed by atoms with Gasteiger partial charge in [0.15, 0.2) is 0 Å². The summed E-state index contributed by atoms with van der Waals surface area (Å²) < 4.78 is 12.0. The van der Waals surface area contributed by atoms with Crippen molar-refractivity contribution in [1.29, 1.82) is 0 Å². The number of hydrogen-bond acceptors (Lipinski definition) is 3. The molecule has 3 aromatic carbocycles. The summed E-state index contributed by atoms with van der Waals surface area (Å²) in [6, 6.07) is 26.2. The normalized spacial score (nSPS) is 11.8. The Kier molecular flexibility index (Phi) is 6.89. The van der Waals surface area contributed by atoms with Crippen LogP contribution in [0.15, 0.2) is 78.9 Å². The van der Waals surface area contributed by atoms with Crippen LogP contribution in [0.25, 0.3) is 0 Å². The second kappa shape index (κ2) is 9.79. The summed E-state index contributed by atoms with van der Waals surface area (Å²) in [5.74, 6) is 1.79. The highest BCUT2D eigenvalue weighted by molar-refractivity contribution is 5.40. The Labute approximate surface area is 161 Å². The summed E-state index contributed by atoms with van der Waals surface area (Å²) in [4.78, 5) is 0. The summed E-state index contributed by atoms with van der Waals surface area (Å²) in [6.45, 7) is 3.29. The molecular weight excluding hydrogens is 336 g/mol. The summed E-state index contributed by atoms with van der Waals surface area (Å²) in [5, 5.41) is 9.28. The fourth-order valence-electron chi connectivity index (χ4n) is 2.89. The first kappa shape index (κ1) is 19.0. The fraction of sp³-hybridized carbons (Fsp3) is 0.250. The van der Waals surface area contributed by atoms with Gasteiger partial charge in [0.2, 0.25) is 0 Å². The summed E-state index contributed by atoms with van der Waals surface area (Å²) >= 11 is 0. The standard InChI is InChI=1S/C24H26O3/c1-19(12-13-25)22-14-23(26-17-20-8-4-2-5-9-20)16-24(15-22)27-18-21-10-6-3-7-11-21/h2-11,14-16,19,25H,12-13,17-18H2,1H3. The van der Waals surface area contributed by atoms with Crippen LogP contribution >= 0.6 is 0 Å². The average Bonchev–Trinajstić information content (AvgIpc) is 2.72. The minimum absolute atomic E-state index is 0.163. The van der Waals surface area contributed by atoms with E-state index >= 15 is 0 Å². The SMILES string of the molecule is CC(CCO)c1cc(OCc2ccccc2)cc(OCc2ccccc2)c1. The number of rotatable bonds is 9. The number of benzene rings is 3. The Bertz CT molecular complexity index is 754. The highest BCUT2D eigenvalue weighted by Gasteiger charge is 2.10. The maximum atomic E-state index is 9.28. The van der Waals surface area contributed by atoms with Crippen LogP contribution < -0.4 is 9.47 Å². The van der Waals surface area contributed by atoms with Gasteiger partial charge in [-0.25, -0.2) is 0 Å². The van der Waals surface area contributed by atoms with E-state index < -0.39 is 0 Å². The third-order valence-electron chi connectivity index (χ3n) is 4.53. The summed E-state index contributed by atoms with van der Waals surface area (Å²) in [6.07, 6.45) is 0.709. The molecule has 0 bridgehead atoms. The van der Waals surface area contributed by atoms with Crippen LogP contribution in [-0.2, 0) is 13.2 Å². The molecule has 3 heteroatoms. The molecule has 0 saturated heterocycles. The van der Waals surface area contributed by atoms with Gasteiger partial charge in [-0.15, -0.1) is 0 Å². The molecular formula is C24H26O3. The van der Waals surface area contributed by atoms with E-state index in [0.29, 0.717) is 19.6 Å². The lowest BCUT2D eigenvalue weighted by Crippen LogP contribution is -2.02. The third kappa shape index (κ3) is 5.87. The highest BCUT2D eigenvalue weighted by atomic mass is 16.5. The van der Waals surface area contributed by atoms with Crippen molar-refractivity contribution in [3.63, 3.8) is 0 Å². The molecule has 0 saturated carbocycles. The van der Waals surface area contributed by atoms with E-state index in [9.17, 15) is 5.11 Å². The number of hydrogen-bond donors (Lipinski definition) is 1. The lowest BCUT2D eigenvalue weighted by atomic mass is 9.97. The predicted octanol–water partition coefficient (Wildman–Crippen LogP) is 5.33. The van der Waals surface area contributed by atoms with Crippen molar-refractivity contribution >= 4 is 0 Å². The van der Waals surface area contributed by atoms with Crippen molar-refractivity contribution in [2.24, 2.45) is 0 Å². The molecule has 3 aromatic rings. The van der Waals surface area contributed by atoms with E-state index in [1.54, 1.807) is 0 Å². The Balaban J connectivity index is 1.75. The molecule has 0 radical (unpaired) electrons. The number of ether oxygens (including phenoxy) is 2. The number of aliphatic hydroxyl groups is 1. The van der Waals surface area contributed by atoms with Crippen LogP contribution in [-0.4, -0.2) is 11.7 Å². The second-order valence-corrected chi connectivity index (χ2v) is 6.70. The lowest BCUT2D eigenvalue weighted by molar-refractivity contribution is 0.276. The molecule has 1 atom stereocenters. The zero-order valence-corrected chi connectivity index (χ0v) is 15.7. The smallest absolute Gasteiger partial charge is 0.123 e. The van der Waals surface area contributed by atoms with Gasteiger partial charge in [-0.05, 0) is 41.2 Å². The Morgan fingerprint density at radius 3 is 1.67 bits per heavy atom. The van der Waals surface area contributed by atoms with Crippen molar-refractivity contribution < 1.29 is 14.6 Å². The van der Waals surface area contributed by atoms with Gasteiger partial charge in [-0.3, -0.25) is 0 Å². The molecule has 1 N–H and O–H groups in total. The van der Waals surface area contributed by atoms with E-state index in [0.717, 1.165) is 28.2 Å². The third-order valence-corrected chi connectivity index (χ3v) is 4.53. The molecule has 27 heavy (non-hydrogen) atoms. The molecule has 0 aliphatic carbocycles. The van der Waals surface area contributed by atoms with Gasteiger partial charge in [0, 0.05) is 12.7 Å². The first-order valence-electron chi connectivity index (χ1n) is 9.34. The second-order valence-electron chi connectivity index (χ2n) is 6.70. The molecule has 0 aliphatic heterocycles. The fourth-order valence-corrected chi connectivity index (χ4v) is 2.89. The maximum Gasteiger partial charge on any atom is 0.123 e. The van der Waals surface area contributed by atoms with Crippen molar-refractivity contribution in [3.05, 3.63) is 95.6 Å².